The van der Waals surface area contributed by atoms with Crippen molar-refractivity contribution in [1.29, 1.82) is 0 Å². The topological polar surface area (TPSA) is 34.1 Å². The third-order valence-electron chi connectivity index (χ3n) is 8.27. The predicted molar refractivity (Wildman–Crippen MR) is 95.4 cm³/mol. The monoisotopic (exact) mass is 326 g/mol. The summed E-state index contributed by atoms with van der Waals surface area (Å²) in [6.45, 7) is 6.57. The molecule has 0 heterocycles. The standard InChI is InChI=1S/C22H30O2/c1-14(23)18-5-4-6-19-17-8-7-15-13-16(24)9-11-21(15,2)20(17)10-12-22(18,19)3/h4-5,13,17-20H,6-12H2,1-3H3/t17-,18+,19-,20-,21-,22+/m0/s1. The number of hydrogen-bond donors (Lipinski definition) is 0. The van der Waals surface area contributed by atoms with Gasteiger partial charge in [-0.25, -0.2) is 0 Å². The molecule has 0 bridgehead atoms. The van der Waals surface area contributed by atoms with Crippen LogP contribution in [0.1, 0.15) is 65.7 Å². The third kappa shape index (κ3) is 2.14. The minimum atomic E-state index is 0.106. The molecular weight excluding hydrogens is 296 g/mol. The van der Waals surface area contributed by atoms with Crippen LogP contribution in [0.15, 0.2) is 23.8 Å². The van der Waals surface area contributed by atoms with Crippen molar-refractivity contribution in [2.45, 2.75) is 65.7 Å². The molecule has 0 N–H and O–H groups in total. The predicted octanol–water partition coefficient (Wildman–Crippen LogP) is 4.89. The van der Waals surface area contributed by atoms with Crippen molar-refractivity contribution >= 4 is 11.6 Å². The van der Waals surface area contributed by atoms with Crippen molar-refractivity contribution in [2.75, 3.05) is 0 Å². The lowest BCUT2D eigenvalue weighted by molar-refractivity contribution is -0.132. The van der Waals surface area contributed by atoms with Crippen LogP contribution in [-0.2, 0) is 9.59 Å². The van der Waals surface area contributed by atoms with Gasteiger partial charge in [-0.3, -0.25) is 9.59 Å². The maximum atomic E-state index is 12.2. The van der Waals surface area contributed by atoms with Crippen molar-refractivity contribution in [1.82, 2.24) is 0 Å². The number of carbonyl (C=O) groups excluding carboxylic acids is 2. The number of Topliss-reactive ketones (excluding diaryl/α,β-unsaturated/α-hetero) is 1. The number of rotatable bonds is 1. The molecule has 0 amide bonds. The quantitative estimate of drug-likeness (QED) is 0.643. The van der Waals surface area contributed by atoms with Gasteiger partial charge in [-0.1, -0.05) is 31.6 Å². The highest BCUT2D eigenvalue weighted by Gasteiger charge is 2.57. The van der Waals surface area contributed by atoms with Gasteiger partial charge >= 0.3 is 0 Å². The molecule has 0 radical (unpaired) electrons. The zero-order valence-electron chi connectivity index (χ0n) is 15.3. The molecule has 6 atom stereocenters. The Kier molecular flexibility index (Phi) is 3.67. The second-order valence-electron chi connectivity index (χ2n) is 9.27. The summed E-state index contributed by atoms with van der Waals surface area (Å²) in [5.41, 5.74) is 1.80. The lowest BCUT2D eigenvalue weighted by atomic mass is 9.44. The molecule has 0 aromatic rings. The summed E-state index contributed by atoms with van der Waals surface area (Å²) >= 11 is 0. The van der Waals surface area contributed by atoms with Gasteiger partial charge < -0.3 is 0 Å². The smallest absolute Gasteiger partial charge is 0.155 e. The Morgan fingerprint density at radius 3 is 2.67 bits per heavy atom. The first-order chi connectivity index (χ1) is 11.4. The maximum absolute atomic E-state index is 12.2. The van der Waals surface area contributed by atoms with Crippen LogP contribution >= 0.6 is 0 Å². The summed E-state index contributed by atoms with van der Waals surface area (Å²) in [5.74, 6) is 2.82. The first-order valence-electron chi connectivity index (χ1n) is 9.77. The molecule has 0 unspecified atom stereocenters. The van der Waals surface area contributed by atoms with E-state index in [0.717, 1.165) is 32.1 Å². The Morgan fingerprint density at radius 2 is 1.92 bits per heavy atom. The molecule has 0 aromatic carbocycles. The molecule has 130 valence electrons. The highest BCUT2D eigenvalue weighted by molar-refractivity contribution is 5.91. The molecule has 2 saturated carbocycles. The summed E-state index contributed by atoms with van der Waals surface area (Å²) in [7, 11) is 0. The van der Waals surface area contributed by atoms with E-state index in [-0.39, 0.29) is 16.7 Å². The van der Waals surface area contributed by atoms with Crippen molar-refractivity contribution in [2.24, 2.45) is 34.5 Å². The van der Waals surface area contributed by atoms with Crippen LogP contribution in [0.3, 0.4) is 0 Å². The van der Waals surface area contributed by atoms with E-state index in [1.54, 1.807) is 6.92 Å². The Balaban J connectivity index is 1.70. The van der Waals surface area contributed by atoms with Crippen LogP contribution in [0, 0.1) is 34.5 Å². The highest BCUT2D eigenvalue weighted by atomic mass is 16.1. The van der Waals surface area contributed by atoms with Gasteiger partial charge in [-0.2, -0.15) is 0 Å². The Bertz CT molecular complexity index is 640. The van der Waals surface area contributed by atoms with Gasteiger partial charge in [0.1, 0.15) is 5.78 Å². The first kappa shape index (κ1) is 16.3. The largest absolute Gasteiger partial charge is 0.299 e. The van der Waals surface area contributed by atoms with E-state index in [0.29, 0.717) is 29.3 Å². The summed E-state index contributed by atoms with van der Waals surface area (Å²) in [6, 6.07) is 0. The van der Waals surface area contributed by atoms with Crippen molar-refractivity contribution < 1.29 is 9.59 Å². The van der Waals surface area contributed by atoms with Gasteiger partial charge in [0.05, 0.1) is 0 Å². The number of carbonyl (C=O) groups is 2. The molecular formula is C22H30O2. The Labute approximate surface area is 145 Å². The van der Waals surface area contributed by atoms with E-state index in [9.17, 15) is 9.59 Å². The average Bonchev–Trinajstić information content (AvgIpc) is 2.54. The summed E-state index contributed by atoms with van der Waals surface area (Å²) in [5, 5.41) is 0. The van der Waals surface area contributed by atoms with Gasteiger partial charge in [-0.05, 0) is 80.1 Å². The van der Waals surface area contributed by atoms with E-state index in [1.807, 2.05) is 6.08 Å². The molecule has 0 spiro atoms. The zero-order valence-corrected chi connectivity index (χ0v) is 15.3. The van der Waals surface area contributed by atoms with Crippen LogP contribution in [0.4, 0.5) is 0 Å². The van der Waals surface area contributed by atoms with Gasteiger partial charge in [0.15, 0.2) is 5.78 Å². The van der Waals surface area contributed by atoms with E-state index >= 15 is 0 Å². The zero-order chi connectivity index (χ0) is 17.1. The number of ketones is 2. The molecule has 24 heavy (non-hydrogen) atoms. The van der Waals surface area contributed by atoms with E-state index in [2.05, 4.69) is 26.0 Å². The first-order valence-corrected chi connectivity index (χ1v) is 9.77. The molecule has 0 saturated heterocycles. The Hall–Kier alpha value is -1.18. The Morgan fingerprint density at radius 1 is 1.12 bits per heavy atom. The molecule has 4 aliphatic carbocycles. The molecule has 2 nitrogen and oxygen atoms in total. The normalized spacial score (nSPS) is 47.3. The minimum absolute atomic E-state index is 0.106. The van der Waals surface area contributed by atoms with Gasteiger partial charge in [0.25, 0.3) is 0 Å². The summed E-state index contributed by atoms with van der Waals surface area (Å²) < 4.78 is 0. The SMILES string of the molecule is CC(=O)[C@H]1C=CC[C@H]2[C@@H]3CCC4=CC(=O)CC[C@]4(C)[C@H]3CC[C@]12C. The summed E-state index contributed by atoms with van der Waals surface area (Å²) in [6.07, 6.45) is 14.0. The fourth-order valence-electron chi connectivity index (χ4n) is 6.92. The van der Waals surface area contributed by atoms with Crippen LogP contribution in [0.25, 0.3) is 0 Å². The number of allylic oxidation sites excluding steroid dienone is 4. The lowest BCUT2D eigenvalue weighted by Gasteiger charge is -2.60. The van der Waals surface area contributed by atoms with Gasteiger partial charge in [0.2, 0.25) is 0 Å². The minimum Gasteiger partial charge on any atom is -0.299 e. The molecule has 0 aliphatic heterocycles. The van der Waals surface area contributed by atoms with Gasteiger partial charge in [-0.15, -0.1) is 0 Å². The fourth-order valence-corrected chi connectivity index (χ4v) is 6.92. The highest BCUT2D eigenvalue weighted by Crippen LogP contribution is 2.64. The van der Waals surface area contributed by atoms with E-state index in [4.69, 9.17) is 0 Å². The molecule has 0 aromatic heterocycles. The van der Waals surface area contributed by atoms with E-state index in [1.165, 1.54) is 18.4 Å². The van der Waals surface area contributed by atoms with Crippen LogP contribution in [0.2, 0.25) is 0 Å². The van der Waals surface area contributed by atoms with Gasteiger partial charge in [0, 0.05) is 12.3 Å². The fraction of sp³-hybridized carbons (Fsp3) is 0.727. The maximum Gasteiger partial charge on any atom is 0.155 e. The van der Waals surface area contributed by atoms with Crippen molar-refractivity contribution in [3.63, 3.8) is 0 Å². The van der Waals surface area contributed by atoms with E-state index < -0.39 is 0 Å². The van der Waals surface area contributed by atoms with Crippen LogP contribution < -0.4 is 0 Å². The van der Waals surface area contributed by atoms with Crippen LogP contribution in [0.5, 0.6) is 0 Å². The number of hydrogen-bond acceptors (Lipinski definition) is 2. The average molecular weight is 326 g/mol. The molecule has 2 fully saturated rings. The van der Waals surface area contributed by atoms with Crippen LogP contribution in [-0.4, -0.2) is 11.6 Å². The summed E-state index contributed by atoms with van der Waals surface area (Å²) in [4.78, 5) is 24.1. The molecule has 4 rings (SSSR count). The van der Waals surface area contributed by atoms with Crippen molar-refractivity contribution in [3.05, 3.63) is 23.8 Å². The third-order valence-corrected chi connectivity index (χ3v) is 8.27. The van der Waals surface area contributed by atoms with Crippen molar-refractivity contribution in [3.8, 4) is 0 Å². The lowest BCUT2D eigenvalue weighted by Crippen LogP contribution is -2.54. The second kappa shape index (κ2) is 5.41. The number of fused-ring (bicyclic) bond motifs is 5. The molecule has 4 aliphatic rings. The second-order valence-corrected chi connectivity index (χ2v) is 9.27. The molecule has 2 heteroatoms.